The van der Waals surface area contributed by atoms with Gasteiger partial charge in [-0.05, 0) is 30.3 Å². The molecule has 0 N–H and O–H groups in total. The van der Waals surface area contributed by atoms with E-state index < -0.39 is 0 Å². The maximum Gasteiger partial charge on any atom is 0.253 e. The van der Waals surface area contributed by atoms with Crippen molar-refractivity contribution in [3.63, 3.8) is 0 Å². The minimum Gasteiger partial charge on any atom is -0.491 e. The number of carbonyl (C=O) groups excluding carboxylic acids is 1. The molecule has 1 amide bonds. The van der Waals surface area contributed by atoms with Crippen LogP contribution in [-0.2, 0) is 0 Å². The lowest BCUT2D eigenvalue weighted by molar-refractivity contribution is 0.0498. The molecule has 2 aromatic carbocycles. The predicted octanol–water partition coefficient (Wildman–Crippen LogP) is 2.80. The maximum absolute atomic E-state index is 13.0. The van der Waals surface area contributed by atoms with Crippen molar-refractivity contribution < 1.29 is 9.53 Å². The highest BCUT2D eigenvalue weighted by Crippen LogP contribution is 2.26. The molecule has 8 heteroatoms. The maximum atomic E-state index is 13.0. The first kappa shape index (κ1) is 19.7. The van der Waals surface area contributed by atoms with Crippen LogP contribution in [0.25, 0.3) is 17.1 Å². The van der Waals surface area contributed by atoms with Gasteiger partial charge in [-0.2, -0.15) is 10.2 Å². The van der Waals surface area contributed by atoms with Crippen LogP contribution in [0.4, 0.5) is 0 Å². The normalized spacial score (nSPS) is 13.6. The Hall–Kier alpha value is -4.20. The van der Waals surface area contributed by atoms with Gasteiger partial charge < -0.3 is 9.64 Å². The summed E-state index contributed by atoms with van der Waals surface area (Å²) in [5, 5.41) is 9.00. The first-order valence-electron chi connectivity index (χ1n) is 10.3. The van der Waals surface area contributed by atoms with Crippen LogP contribution in [0.3, 0.4) is 0 Å². The molecule has 1 aliphatic rings. The highest BCUT2D eigenvalue weighted by molar-refractivity contribution is 5.94. The van der Waals surface area contributed by atoms with Gasteiger partial charge in [0, 0.05) is 18.7 Å². The van der Waals surface area contributed by atoms with Crippen molar-refractivity contribution >= 4 is 5.91 Å². The van der Waals surface area contributed by atoms with Crippen molar-refractivity contribution in [2.75, 3.05) is 20.2 Å². The lowest BCUT2D eigenvalue weighted by atomic mass is 10.1. The summed E-state index contributed by atoms with van der Waals surface area (Å²) < 4.78 is 8.74. The lowest BCUT2D eigenvalue weighted by Gasteiger charge is -2.39. The predicted molar refractivity (Wildman–Crippen MR) is 119 cm³/mol. The van der Waals surface area contributed by atoms with Gasteiger partial charge in [-0.25, -0.2) is 4.68 Å². The average Bonchev–Trinajstić information content (AvgIpc) is 3.29. The first-order chi connectivity index (χ1) is 15.7. The Morgan fingerprint density at radius 3 is 2.38 bits per heavy atom. The minimum atomic E-state index is -0.307. The number of para-hydroxylation sites is 1. The summed E-state index contributed by atoms with van der Waals surface area (Å²) in [6.07, 6.45) is 3.24. The average molecular weight is 427 g/mol. The molecule has 160 valence electrons. The van der Waals surface area contributed by atoms with E-state index in [4.69, 9.17) is 4.74 Å². The molecule has 1 aliphatic heterocycles. The smallest absolute Gasteiger partial charge is 0.253 e. The number of hydrogen-bond acceptors (Lipinski definition) is 5. The van der Waals surface area contributed by atoms with Gasteiger partial charge in [-0.3, -0.25) is 14.3 Å². The van der Waals surface area contributed by atoms with Crippen molar-refractivity contribution in [3.05, 3.63) is 94.9 Å². The van der Waals surface area contributed by atoms with E-state index in [9.17, 15) is 9.59 Å². The van der Waals surface area contributed by atoms with Gasteiger partial charge in [0.2, 0.25) is 0 Å². The Morgan fingerprint density at radius 1 is 1.00 bits per heavy atom. The summed E-state index contributed by atoms with van der Waals surface area (Å²) >= 11 is 0. The molecule has 1 saturated heterocycles. The molecular formula is C24H21N5O3. The van der Waals surface area contributed by atoms with Gasteiger partial charge in [-0.1, -0.05) is 36.4 Å². The number of carbonyl (C=O) groups is 1. The lowest BCUT2D eigenvalue weighted by Crippen LogP contribution is -2.51. The zero-order valence-corrected chi connectivity index (χ0v) is 17.5. The van der Waals surface area contributed by atoms with E-state index in [-0.39, 0.29) is 28.8 Å². The van der Waals surface area contributed by atoms with E-state index in [1.165, 1.54) is 7.11 Å². The van der Waals surface area contributed by atoms with Crippen molar-refractivity contribution in [2.24, 2.45) is 0 Å². The Bertz CT molecular complexity index is 1310. The van der Waals surface area contributed by atoms with Crippen LogP contribution in [-0.4, -0.2) is 50.6 Å². The van der Waals surface area contributed by atoms with Gasteiger partial charge in [-0.15, -0.1) is 0 Å². The highest BCUT2D eigenvalue weighted by atomic mass is 16.5. The number of amides is 1. The second kappa shape index (κ2) is 8.14. The van der Waals surface area contributed by atoms with Crippen molar-refractivity contribution in [3.8, 4) is 22.8 Å². The molecule has 0 radical (unpaired) electrons. The number of hydrogen-bond donors (Lipinski definition) is 0. The van der Waals surface area contributed by atoms with Crippen LogP contribution < -0.4 is 10.2 Å². The SMILES string of the molecule is COc1cn(C2CN(C(=O)c3ccccc3)C2)nc(-c2ccnn2-c2ccccc2)c1=O. The fourth-order valence-electron chi connectivity index (χ4n) is 3.79. The van der Waals surface area contributed by atoms with Crippen LogP contribution in [0.15, 0.2) is 83.9 Å². The largest absolute Gasteiger partial charge is 0.491 e. The molecule has 0 aliphatic carbocycles. The quantitative estimate of drug-likeness (QED) is 0.489. The molecule has 1 fully saturated rings. The number of likely N-dealkylation sites (tertiary alicyclic amines) is 1. The van der Waals surface area contributed by atoms with Gasteiger partial charge in [0.25, 0.3) is 11.3 Å². The van der Waals surface area contributed by atoms with Gasteiger partial charge in [0.15, 0.2) is 11.4 Å². The molecule has 32 heavy (non-hydrogen) atoms. The monoisotopic (exact) mass is 427 g/mol. The molecule has 0 atom stereocenters. The topological polar surface area (TPSA) is 82.2 Å². The molecular weight excluding hydrogens is 406 g/mol. The number of rotatable bonds is 5. The third-order valence-corrected chi connectivity index (χ3v) is 5.55. The van der Waals surface area contributed by atoms with E-state index in [1.807, 2.05) is 48.5 Å². The Kier molecular flexibility index (Phi) is 5.03. The molecule has 8 nitrogen and oxygen atoms in total. The number of benzene rings is 2. The van der Waals surface area contributed by atoms with E-state index in [2.05, 4.69) is 10.2 Å². The summed E-state index contributed by atoms with van der Waals surface area (Å²) in [7, 11) is 1.46. The van der Waals surface area contributed by atoms with E-state index in [0.717, 1.165) is 5.69 Å². The summed E-state index contributed by atoms with van der Waals surface area (Å²) in [6.45, 7) is 1.01. The molecule has 0 spiro atoms. The van der Waals surface area contributed by atoms with Crippen LogP contribution in [0.1, 0.15) is 16.4 Å². The number of aromatic nitrogens is 4. The third-order valence-electron chi connectivity index (χ3n) is 5.55. The molecule has 0 bridgehead atoms. The summed E-state index contributed by atoms with van der Waals surface area (Å²) in [5.74, 6) is 0.181. The van der Waals surface area contributed by atoms with Gasteiger partial charge in [0.1, 0.15) is 0 Å². The van der Waals surface area contributed by atoms with Gasteiger partial charge >= 0.3 is 0 Å². The van der Waals surface area contributed by atoms with E-state index in [0.29, 0.717) is 24.3 Å². The molecule has 0 unspecified atom stereocenters. The van der Waals surface area contributed by atoms with E-state index >= 15 is 0 Å². The molecule has 4 aromatic rings. The standard InChI is InChI=1S/C24H21N5O3/c1-32-21-16-28(19-14-27(15-19)24(31)17-8-4-2-5-9-17)26-22(23(21)30)20-12-13-25-29(20)18-10-6-3-7-11-18/h2-13,16,19H,14-15H2,1H3. The molecule has 5 rings (SSSR count). The second-order valence-electron chi connectivity index (χ2n) is 7.55. The van der Waals surface area contributed by atoms with Crippen molar-refractivity contribution in [1.82, 2.24) is 24.5 Å². The second-order valence-corrected chi connectivity index (χ2v) is 7.55. The van der Waals surface area contributed by atoms with E-state index in [1.54, 1.807) is 44.9 Å². The van der Waals surface area contributed by atoms with Crippen LogP contribution in [0, 0.1) is 0 Å². The third kappa shape index (κ3) is 3.45. The van der Waals surface area contributed by atoms with Crippen LogP contribution >= 0.6 is 0 Å². The van der Waals surface area contributed by atoms with Gasteiger partial charge in [0.05, 0.1) is 36.9 Å². The summed E-state index contributed by atoms with van der Waals surface area (Å²) in [4.78, 5) is 27.4. The first-order valence-corrected chi connectivity index (χ1v) is 10.3. The molecule has 0 saturated carbocycles. The Labute approximate surface area is 184 Å². The number of nitrogens with zero attached hydrogens (tertiary/aromatic N) is 5. The number of ether oxygens (including phenoxy) is 1. The zero-order valence-electron chi connectivity index (χ0n) is 17.5. The fraction of sp³-hybridized carbons (Fsp3) is 0.167. The zero-order chi connectivity index (χ0) is 22.1. The Morgan fingerprint density at radius 2 is 1.69 bits per heavy atom. The molecule has 3 heterocycles. The van der Waals surface area contributed by atoms with Crippen molar-refractivity contribution in [2.45, 2.75) is 6.04 Å². The summed E-state index contributed by atoms with van der Waals surface area (Å²) in [6, 6.07) is 20.4. The Balaban J connectivity index is 1.46. The molecule has 2 aromatic heterocycles. The fourth-order valence-corrected chi connectivity index (χ4v) is 3.79. The summed E-state index contributed by atoms with van der Waals surface area (Å²) in [5.41, 5.74) is 2.00. The number of methoxy groups -OCH3 is 1. The van der Waals surface area contributed by atoms with Crippen LogP contribution in [0.2, 0.25) is 0 Å². The minimum absolute atomic E-state index is 0.0164. The van der Waals surface area contributed by atoms with Crippen LogP contribution in [0.5, 0.6) is 5.75 Å². The van der Waals surface area contributed by atoms with Crippen molar-refractivity contribution in [1.29, 1.82) is 0 Å². The highest BCUT2D eigenvalue weighted by Gasteiger charge is 2.33.